The number of nitrogens with one attached hydrogen (secondary N) is 1. The predicted molar refractivity (Wildman–Crippen MR) is 106 cm³/mol. The van der Waals surface area contributed by atoms with Crippen LogP contribution >= 0.6 is 0 Å². The quantitative estimate of drug-likeness (QED) is 0.869. The molecule has 1 amide bonds. The monoisotopic (exact) mass is 351 g/mol. The van der Waals surface area contributed by atoms with E-state index in [0.29, 0.717) is 6.54 Å². The fourth-order valence-electron chi connectivity index (χ4n) is 3.48. The van der Waals surface area contributed by atoms with Crippen molar-refractivity contribution in [1.82, 2.24) is 15.1 Å². The van der Waals surface area contributed by atoms with Crippen LogP contribution in [-0.2, 0) is 17.9 Å². The van der Waals surface area contributed by atoms with E-state index >= 15 is 0 Å². The molecule has 0 saturated carbocycles. The summed E-state index contributed by atoms with van der Waals surface area (Å²) in [7, 11) is 0. The minimum Gasteiger partial charge on any atom is -0.351 e. The summed E-state index contributed by atoms with van der Waals surface area (Å²) in [5.74, 6) is 0.112. The molecule has 2 aromatic carbocycles. The van der Waals surface area contributed by atoms with Gasteiger partial charge in [0.05, 0.1) is 6.04 Å². The zero-order valence-corrected chi connectivity index (χ0v) is 15.8. The van der Waals surface area contributed by atoms with Gasteiger partial charge < -0.3 is 5.32 Å². The van der Waals surface area contributed by atoms with Crippen LogP contribution in [0.25, 0.3) is 0 Å². The van der Waals surface area contributed by atoms with Crippen molar-refractivity contribution in [2.45, 2.75) is 33.0 Å². The van der Waals surface area contributed by atoms with E-state index in [4.69, 9.17) is 0 Å². The Labute approximate surface area is 156 Å². The van der Waals surface area contributed by atoms with E-state index in [0.717, 1.165) is 38.3 Å². The van der Waals surface area contributed by atoms with E-state index in [1.54, 1.807) is 0 Å². The molecule has 1 atom stereocenters. The summed E-state index contributed by atoms with van der Waals surface area (Å²) in [5.41, 5.74) is 3.81. The van der Waals surface area contributed by atoms with Gasteiger partial charge in [-0.15, -0.1) is 0 Å². The molecule has 26 heavy (non-hydrogen) atoms. The minimum absolute atomic E-state index is 0.0835. The molecule has 0 aromatic heterocycles. The molecule has 1 aliphatic heterocycles. The third-order valence-electron chi connectivity index (χ3n) is 5.13. The highest BCUT2D eigenvalue weighted by Crippen LogP contribution is 2.12. The van der Waals surface area contributed by atoms with Crippen molar-refractivity contribution in [2.75, 3.05) is 26.2 Å². The van der Waals surface area contributed by atoms with Crippen LogP contribution in [0.3, 0.4) is 0 Å². The Balaban J connectivity index is 1.44. The molecule has 1 heterocycles. The SMILES string of the molecule is Cc1cccc(CN2CCN([C@@H](C)C(=O)NCc3ccccc3)CC2)c1. The first kappa shape index (κ1) is 18.6. The van der Waals surface area contributed by atoms with Crippen molar-refractivity contribution >= 4 is 5.91 Å². The van der Waals surface area contributed by atoms with E-state index < -0.39 is 0 Å². The average Bonchev–Trinajstić information content (AvgIpc) is 2.67. The maximum Gasteiger partial charge on any atom is 0.237 e. The number of amides is 1. The van der Waals surface area contributed by atoms with Crippen molar-refractivity contribution in [3.63, 3.8) is 0 Å². The van der Waals surface area contributed by atoms with Gasteiger partial charge >= 0.3 is 0 Å². The molecular weight excluding hydrogens is 322 g/mol. The molecule has 1 fully saturated rings. The highest BCUT2D eigenvalue weighted by atomic mass is 16.2. The first-order valence-corrected chi connectivity index (χ1v) is 9.45. The van der Waals surface area contributed by atoms with Gasteiger partial charge in [-0.25, -0.2) is 0 Å². The lowest BCUT2D eigenvalue weighted by molar-refractivity contribution is -0.126. The van der Waals surface area contributed by atoms with Crippen molar-refractivity contribution < 1.29 is 4.79 Å². The number of benzene rings is 2. The Kier molecular flexibility index (Phi) is 6.42. The average molecular weight is 351 g/mol. The number of rotatable bonds is 6. The smallest absolute Gasteiger partial charge is 0.237 e. The predicted octanol–water partition coefficient (Wildman–Crippen LogP) is 2.82. The van der Waals surface area contributed by atoms with Crippen LogP contribution in [0.4, 0.5) is 0 Å². The number of carbonyl (C=O) groups excluding carboxylic acids is 1. The number of carbonyl (C=O) groups is 1. The van der Waals surface area contributed by atoms with Gasteiger partial charge in [0.1, 0.15) is 0 Å². The van der Waals surface area contributed by atoms with Gasteiger partial charge in [0, 0.05) is 39.3 Å². The molecule has 3 rings (SSSR count). The van der Waals surface area contributed by atoms with Crippen LogP contribution in [0.15, 0.2) is 54.6 Å². The Hall–Kier alpha value is -2.17. The molecule has 1 N–H and O–H groups in total. The zero-order chi connectivity index (χ0) is 18.4. The molecule has 0 radical (unpaired) electrons. The normalized spacial score (nSPS) is 17.0. The summed E-state index contributed by atoms with van der Waals surface area (Å²) >= 11 is 0. The number of aryl methyl sites for hydroxylation is 1. The highest BCUT2D eigenvalue weighted by Gasteiger charge is 2.25. The molecule has 1 saturated heterocycles. The van der Waals surface area contributed by atoms with Crippen LogP contribution in [0.2, 0.25) is 0 Å². The number of nitrogens with zero attached hydrogens (tertiary/aromatic N) is 2. The molecule has 0 bridgehead atoms. The van der Waals surface area contributed by atoms with E-state index in [9.17, 15) is 4.79 Å². The Morgan fingerprint density at radius 2 is 1.69 bits per heavy atom. The summed E-state index contributed by atoms with van der Waals surface area (Å²) in [4.78, 5) is 17.2. The second-order valence-corrected chi connectivity index (χ2v) is 7.18. The number of hydrogen-bond donors (Lipinski definition) is 1. The molecule has 1 aliphatic rings. The van der Waals surface area contributed by atoms with Crippen molar-refractivity contribution in [3.05, 3.63) is 71.3 Å². The van der Waals surface area contributed by atoms with Gasteiger partial charge in [0.2, 0.25) is 5.91 Å². The summed E-state index contributed by atoms with van der Waals surface area (Å²) in [6.07, 6.45) is 0. The topological polar surface area (TPSA) is 35.6 Å². The van der Waals surface area contributed by atoms with Crippen LogP contribution in [0, 0.1) is 6.92 Å². The van der Waals surface area contributed by atoms with E-state index in [2.05, 4.69) is 46.3 Å². The van der Waals surface area contributed by atoms with Gasteiger partial charge in [-0.1, -0.05) is 60.2 Å². The molecule has 4 nitrogen and oxygen atoms in total. The van der Waals surface area contributed by atoms with Gasteiger partial charge in [0.25, 0.3) is 0 Å². The second kappa shape index (κ2) is 8.97. The van der Waals surface area contributed by atoms with Crippen LogP contribution in [0.5, 0.6) is 0 Å². The van der Waals surface area contributed by atoms with Gasteiger partial charge in [-0.2, -0.15) is 0 Å². The summed E-state index contributed by atoms with van der Waals surface area (Å²) in [6.45, 7) is 9.61. The molecule has 0 aliphatic carbocycles. The van der Waals surface area contributed by atoms with Crippen LogP contribution in [-0.4, -0.2) is 47.9 Å². The second-order valence-electron chi connectivity index (χ2n) is 7.18. The highest BCUT2D eigenvalue weighted by molar-refractivity contribution is 5.81. The van der Waals surface area contributed by atoms with Crippen molar-refractivity contribution in [1.29, 1.82) is 0 Å². The van der Waals surface area contributed by atoms with Gasteiger partial charge in [-0.05, 0) is 25.0 Å². The fourth-order valence-corrected chi connectivity index (χ4v) is 3.48. The minimum atomic E-state index is -0.0835. The van der Waals surface area contributed by atoms with Crippen LogP contribution in [0.1, 0.15) is 23.6 Å². The van der Waals surface area contributed by atoms with E-state index in [-0.39, 0.29) is 11.9 Å². The maximum absolute atomic E-state index is 12.5. The molecule has 138 valence electrons. The standard InChI is InChI=1S/C22H29N3O/c1-18-7-6-10-21(15-18)17-24-11-13-25(14-12-24)19(2)22(26)23-16-20-8-4-3-5-9-20/h3-10,15,19H,11-14,16-17H2,1-2H3,(H,23,26)/t19-/m0/s1. The third-order valence-corrected chi connectivity index (χ3v) is 5.13. The Morgan fingerprint density at radius 1 is 1.00 bits per heavy atom. The number of hydrogen-bond acceptors (Lipinski definition) is 3. The van der Waals surface area contributed by atoms with Gasteiger partial charge in [0.15, 0.2) is 0 Å². The molecule has 0 unspecified atom stereocenters. The first-order chi connectivity index (χ1) is 12.6. The van der Waals surface area contributed by atoms with Crippen LogP contribution < -0.4 is 5.32 Å². The lowest BCUT2D eigenvalue weighted by atomic mass is 10.1. The lowest BCUT2D eigenvalue weighted by Crippen LogP contribution is -2.53. The molecule has 0 spiro atoms. The Morgan fingerprint density at radius 3 is 2.38 bits per heavy atom. The van der Waals surface area contributed by atoms with E-state index in [1.165, 1.54) is 11.1 Å². The Bertz CT molecular complexity index is 708. The van der Waals surface area contributed by atoms with Gasteiger partial charge in [-0.3, -0.25) is 14.6 Å². The summed E-state index contributed by atoms with van der Waals surface area (Å²) in [5, 5.41) is 3.06. The molecule has 2 aromatic rings. The number of piperazine rings is 1. The summed E-state index contributed by atoms with van der Waals surface area (Å²) < 4.78 is 0. The van der Waals surface area contributed by atoms with Crippen molar-refractivity contribution in [2.24, 2.45) is 0 Å². The van der Waals surface area contributed by atoms with E-state index in [1.807, 2.05) is 37.3 Å². The lowest BCUT2D eigenvalue weighted by Gasteiger charge is -2.37. The largest absolute Gasteiger partial charge is 0.351 e. The maximum atomic E-state index is 12.5. The third kappa shape index (κ3) is 5.16. The fraction of sp³-hybridized carbons (Fsp3) is 0.409. The zero-order valence-electron chi connectivity index (χ0n) is 15.8. The molecule has 4 heteroatoms. The summed E-state index contributed by atoms with van der Waals surface area (Å²) in [6, 6.07) is 18.7. The van der Waals surface area contributed by atoms with Crippen molar-refractivity contribution in [3.8, 4) is 0 Å². The first-order valence-electron chi connectivity index (χ1n) is 9.45. The molecular formula is C22H29N3O.